The monoisotopic (exact) mass is 295 g/mol. The van der Waals surface area contributed by atoms with Crippen molar-refractivity contribution in [3.8, 4) is 11.5 Å². The summed E-state index contributed by atoms with van der Waals surface area (Å²) >= 11 is 3.11. The Labute approximate surface area is 107 Å². The molecule has 0 saturated carbocycles. The first-order chi connectivity index (χ1) is 8.06. The smallest absolute Gasteiger partial charge is 0.137 e. The van der Waals surface area contributed by atoms with Gasteiger partial charge in [-0.3, -0.25) is 0 Å². The highest BCUT2D eigenvalue weighted by Crippen LogP contribution is 2.27. The second kappa shape index (κ2) is 4.75. The maximum atomic E-state index is 13.0. The van der Waals surface area contributed by atoms with Gasteiger partial charge in [0.2, 0.25) is 0 Å². The van der Waals surface area contributed by atoms with E-state index in [1.807, 2.05) is 13.0 Å². The summed E-state index contributed by atoms with van der Waals surface area (Å²) in [6.45, 7) is 1.91. The number of rotatable bonds is 2. The predicted octanol–water partition coefficient (Wildman–Crippen LogP) is 4.27. The van der Waals surface area contributed by atoms with Gasteiger partial charge >= 0.3 is 0 Å². The fourth-order valence-corrected chi connectivity index (χ4v) is 1.75. The molecule has 0 spiro atoms. The lowest BCUT2D eigenvalue weighted by Gasteiger charge is -2.08. The molecule has 0 aromatic heterocycles. The van der Waals surface area contributed by atoms with Crippen molar-refractivity contribution >= 4 is 21.6 Å². The van der Waals surface area contributed by atoms with Gasteiger partial charge in [-0.05, 0) is 64.8 Å². The van der Waals surface area contributed by atoms with Crippen molar-refractivity contribution in [2.75, 3.05) is 5.73 Å². The van der Waals surface area contributed by atoms with Crippen LogP contribution in [0.15, 0.2) is 40.9 Å². The molecule has 0 fully saturated rings. The summed E-state index contributed by atoms with van der Waals surface area (Å²) in [5.74, 6) is 0.934. The average molecular weight is 296 g/mol. The highest BCUT2D eigenvalue weighted by atomic mass is 79.9. The first-order valence-electron chi connectivity index (χ1n) is 5.05. The summed E-state index contributed by atoms with van der Waals surface area (Å²) in [6, 6.07) is 9.91. The molecule has 88 valence electrons. The van der Waals surface area contributed by atoms with Crippen LogP contribution in [-0.4, -0.2) is 0 Å². The van der Waals surface area contributed by atoms with Crippen LogP contribution in [0, 0.1) is 12.7 Å². The second-order valence-corrected chi connectivity index (χ2v) is 4.55. The first-order valence-corrected chi connectivity index (χ1v) is 5.84. The van der Waals surface area contributed by atoms with Crippen LogP contribution >= 0.6 is 15.9 Å². The van der Waals surface area contributed by atoms with Gasteiger partial charge < -0.3 is 10.5 Å². The third-order valence-corrected chi connectivity index (χ3v) is 2.98. The highest BCUT2D eigenvalue weighted by molar-refractivity contribution is 9.10. The Bertz CT molecular complexity index is 508. The van der Waals surface area contributed by atoms with Crippen molar-refractivity contribution < 1.29 is 9.13 Å². The fourth-order valence-electron chi connectivity index (χ4n) is 1.39. The Morgan fingerprint density at radius 1 is 1.12 bits per heavy atom. The van der Waals surface area contributed by atoms with Gasteiger partial charge in [0.1, 0.15) is 17.3 Å². The van der Waals surface area contributed by atoms with E-state index in [1.165, 1.54) is 6.07 Å². The normalized spacial score (nSPS) is 10.3. The summed E-state index contributed by atoms with van der Waals surface area (Å²) in [5, 5.41) is 0. The molecule has 0 atom stereocenters. The molecule has 0 aliphatic rings. The SMILES string of the molecule is Cc1cc(Oc2ccc(F)c(Br)c2)ccc1N. The van der Waals surface area contributed by atoms with Crippen LogP contribution in [-0.2, 0) is 0 Å². The highest BCUT2D eigenvalue weighted by Gasteiger charge is 2.03. The molecule has 4 heteroatoms. The number of benzene rings is 2. The van der Waals surface area contributed by atoms with Gasteiger partial charge in [0, 0.05) is 5.69 Å². The zero-order valence-corrected chi connectivity index (χ0v) is 10.8. The van der Waals surface area contributed by atoms with Crippen molar-refractivity contribution in [2.24, 2.45) is 0 Å². The molecule has 2 nitrogen and oxygen atoms in total. The standard InChI is InChI=1S/C13H11BrFNO/c1-8-6-9(3-5-13(8)16)17-10-2-4-12(15)11(14)7-10/h2-7H,16H2,1H3. The third kappa shape index (κ3) is 2.77. The topological polar surface area (TPSA) is 35.2 Å². The Hall–Kier alpha value is -1.55. The van der Waals surface area contributed by atoms with E-state index in [0.29, 0.717) is 16.0 Å². The molecule has 0 bridgehead atoms. The van der Waals surface area contributed by atoms with Crippen LogP contribution in [0.1, 0.15) is 5.56 Å². The molecule has 0 heterocycles. The molecule has 0 saturated heterocycles. The van der Waals surface area contributed by atoms with E-state index < -0.39 is 0 Å². The molecule has 0 unspecified atom stereocenters. The van der Waals surface area contributed by atoms with E-state index >= 15 is 0 Å². The minimum absolute atomic E-state index is 0.314. The molecule has 2 aromatic carbocycles. The summed E-state index contributed by atoms with van der Waals surface area (Å²) < 4.78 is 19.0. The van der Waals surface area contributed by atoms with Crippen molar-refractivity contribution in [3.63, 3.8) is 0 Å². The molecular weight excluding hydrogens is 285 g/mol. The van der Waals surface area contributed by atoms with Gasteiger partial charge in [0.05, 0.1) is 4.47 Å². The van der Waals surface area contributed by atoms with Crippen LogP contribution < -0.4 is 10.5 Å². The van der Waals surface area contributed by atoms with Crippen LogP contribution in [0.2, 0.25) is 0 Å². The number of hydrogen-bond acceptors (Lipinski definition) is 2. The largest absolute Gasteiger partial charge is 0.457 e. The Balaban J connectivity index is 2.25. The van der Waals surface area contributed by atoms with E-state index in [-0.39, 0.29) is 5.82 Å². The van der Waals surface area contributed by atoms with Crippen LogP contribution in [0.25, 0.3) is 0 Å². The predicted molar refractivity (Wildman–Crippen MR) is 69.8 cm³/mol. The zero-order valence-electron chi connectivity index (χ0n) is 9.21. The fraction of sp³-hybridized carbons (Fsp3) is 0.0769. The Kier molecular flexibility index (Phi) is 3.33. The maximum Gasteiger partial charge on any atom is 0.137 e. The number of aryl methyl sites for hydroxylation is 1. The molecule has 2 N–H and O–H groups in total. The lowest BCUT2D eigenvalue weighted by molar-refractivity contribution is 0.479. The van der Waals surface area contributed by atoms with E-state index in [9.17, 15) is 4.39 Å². The van der Waals surface area contributed by atoms with Crippen molar-refractivity contribution in [3.05, 3.63) is 52.3 Å². The number of ether oxygens (including phenoxy) is 1. The van der Waals surface area contributed by atoms with Gasteiger partial charge in [-0.15, -0.1) is 0 Å². The zero-order chi connectivity index (χ0) is 12.4. The summed E-state index contributed by atoms with van der Waals surface area (Å²) in [4.78, 5) is 0. The lowest BCUT2D eigenvalue weighted by atomic mass is 10.2. The molecule has 0 aliphatic carbocycles. The van der Waals surface area contributed by atoms with Gasteiger partial charge in [-0.1, -0.05) is 0 Å². The van der Waals surface area contributed by atoms with Gasteiger partial charge in [-0.25, -0.2) is 4.39 Å². The van der Waals surface area contributed by atoms with Crippen molar-refractivity contribution in [1.82, 2.24) is 0 Å². The summed E-state index contributed by atoms with van der Waals surface area (Å²) in [6.07, 6.45) is 0. The minimum atomic E-state index is -0.314. The third-order valence-electron chi connectivity index (χ3n) is 2.37. The van der Waals surface area contributed by atoms with E-state index in [0.717, 1.165) is 11.3 Å². The number of nitrogen functional groups attached to an aromatic ring is 1. The quantitative estimate of drug-likeness (QED) is 0.840. The van der Waals surface area contributed by atoms with Crippen LogP contribution in [0.5, 0.6) is 11.5 Å². The molecule has 0 radical (unpaired) electrons. The maximum absolute atomic E-state index is 13.0. The number of halogens is 2. The Morgan fingerprint density at radius 2 is 1.76 bits per heavy atom. The molecular formula is C13H11BrFNO. The average Bonchev–Trinajstić information content (AvgIpc) is 2.29. The number of hydrogen-bond donors (Lipinski definition) is 1. The second-order valence-electron chi connectivity index (χ2n) is 3.70. The molecule has 0 amide bonds. The Morgan fingerprint density at radius 3 is 2.41 bits per heavy atom. The summed E-state index contributed by atoms with van der Waals surface area (Å²) in [7, 11) is 0. The van der Waals surface area contributed by atoms with Gasteiger partial charge in [0.25, 0.3) is 0 Å². The number of anilines is 1. The minimum Gasteiger partial charge on any atom is -0.457 e. The first kappa shape index (κ1) is 11.9. The van der Waals surface area contributed by atoms with Crippen LogP contribution in [0.4, 0.5) is 10.1 Å². The molecule has 2 aromatic rings. The van der Waals surface area contributed by atoms with E-state index in [2.05, 4.69) is 15.9 Å². The van der Waals surface area contributed by atoms with Crippen LogP contribution in [0.3, 0.4) is 0 Å². The number of nitrogens with two attached hydrogens (primary N) is 1. The molecule has 2 rings (SSSR count). The molecule has 17 heavy (non-hydrogen) atoms. The van der Waals surface area contributed by atoms with E-state index in [4.69, 9.17) is 10.5 Å². The van der Waals surface area contributed by atoms with Gasteiger partial charge in [-0.2, -0.15) is 0 Å². The van der Waals surface area contributed by atoms with Gasteiger partial charge in [0.15, 0.2) is 0 Å². The summed E-state index contributed by atoms with van der Waals surface area (Å²) in [5.41, 5.74) is 7.38. The lowest BCUT2D eigenvalue weighted by Crippen LogP contribution is -1.91. The van der Waals surface area contributed by atoms with Crippen molar-refractivity contribution in [2.45, 2.75) is 6.92 Å². The molecule has 0 aliphatic heterocycles. The van der Waals surface area contributed by atoms with Crippen molar-refractivity contribution in [1.29, 1.82) is 0 Å². The van der Waals surface area contributed by atoms with E-state index in [1.54, 1.807) is 24.3 Å².